The summed E-state index contributed by atoms with van der Waals surface area (Å²) in [5.74, 6) is -0.785. The van der Waals surface area contributed by atoms with Crippen LogP contribution >= 0.6 is 15.9 Å². The van der Waals surface area contributed by atoms with Crippen molar-refractivity contribution in [1.29, 1.82) is 0 Å². The Kier molecular flexibility index (Phi) is 9.28. The van der Waals surface area contributed by atoms with Gasteiger partial charge in [-0.3, -0.25) is 13.9 Å². The summed E-state index contributed by atoms with van der Waals surface area (Å²) < 4.78 is 29.2. The minimum atomic E-state index is -4.07. The number of carbonyl (C=O) groups is 2. The first-order chi connectivity index (χ1) is 17.2. The summed E-state index contributed by atoms with van der Waals surface area (Å²) >= 11 is 3.39. The van der Waals surface area contributed by atoms with E-state index >= 15 is 0 Å². The van der Waals surface area contributed by atoms with Crippen molar-refractivity contribution in [2.24, 2.45) is 0 Å². The van der Waals surface area contributed by atoms with E-state index in [9.17, 15) is 18.0 Å². The molecule has 0 bridgehead atoms. The summed E-state index contributed by atoms with van der Waals surface area (Å²) in [4.78, 5) is 28.1. The lowest BCUT2D eigenvalue weighted by Crippen LogP contribution is -2.51. The molecular weight excluding hydrogens is 542 g/mol. The molecule has 0 saturated carbocycles. The molecule has 3 rings (SSSR count). The number of likely N-dealkylation sites (N-methyl/N-ethyl adjacent to an activating group) is 1. The number of rotatable bonds is 10. The van der Waals surface area contributed by atoms with Crippen LogP contribution in [0.3, 0.4) is 0 Å². The van der Waals surface area contributed by atoms with Crippen molar-refractivity contribution in [3.8, 4) is 0 Å². The van der Waals surface area contributed by atoms with E-state index in [1.54, 1.807) is 42.5 Å². The molecule has 2 amide bonds. The molecule has 0 fully saturated rings. The molecule has 1 N–H and O–H groups in total. The molecule has 190 valence electrons. The molecule has 0 spiro atoms. The van der Waals surface area contributed by atoms with Gasteiger partial charge in [-0.2, -0.15) is 0 Å². The first-order valence-corrected chi connectivity index (χ1v) is 13.8. The minimum Gasteiger partial charge on any atom is -0.357 e. The fourth-order valence-electron chi connectivity index (χ4n) is 3.94. The second-order valence-corrected chi connectivity index (χ2v) is 11.1. The van der Waals surface area contributed by atoms with Crippen LogP contribution in [-0.4, -0.2) is 44.8 Å². The number of halogens is 1. The quantitative estimate of drug-likeness (QED) is 0.388. The second-order valence-electron chi connectivity index (χ2n) is 8.29. The maximum absolute atomic E-state index is 13.9. The van der Waals surface area contributed by atoms with Gasteiger partial charge in [0.1, 0.15) is 12.6 Å². The zero-order valence-corrected chi connectivity index (χ0v) is 22.9. The average molecular weight is 573 g/mol. The lowest BCUT2D eigenvalue weighted by atomic mass is 10.1. The van der Waals surface area contributed by atoms with Crippen LogP contribution in [0.2, 0.25) is 0 Å². The number of hydrogen-bond acceptors (Lipinski definition) is 4. The average Bonchev–Trinajstić information content (AvgIpc) is 2.88. The third-order valence-corrected chi connectivity index (χ3v) is 8.22. The lowest BCUT2D eigenvalue weighted by molar-refractivity contribution is -0.140. The zero-order chi connectivity index (χ0) is 26.3. The summed E-state index contributed by atoms with van der Waals surface area (Å²) in [7, 11) is -2.55. The SMILES string of the molecule is CC[C@H](C(=O)NC)N(Cc1ccccc1C)C(=O)CN(c1cccc(Br)c1)S(=O)(=O)c1ccccc1. The van der Waals surface area contributed by atoms with Gasteiger partial charge in [-0.05, 0) is 54.8 Å². The van der Waals surface area contributed by atoms with Crippen LogP contribution in [-0.2, 0) is 26.2 Å². The molecule has 3 aromatic carbocycles. The van der Waals surface area contributed by atoms with Gasteiger partial charge >= 0.3 is 0 Å². The maximum atomic E-state index is 13.9. The molecule has 0 aliphatic rings. The van der Waals surface area contributed by atoms with Crippen LogP contribution in [0.4, 0.5) is 5.69 Å². The third kappa shape index (κ3) is 6.33. The molecule has 0 unspecified atom stereocenters. The van der Waals surface area contributed by atoms with Crippen molar-refractivity contribution < 1.29 is 18.0 Å². The Morgan fingerprint density at radius 3 is 2.25 bits per heavy atom. The Morgan fingerprint density at radius 2 is 1.64 bits per heavy atom. The second kappa shape index (κ2) is 12.2. The maximum Gasteiger partial charge on any atom is 0.264 e. The van der Waals surface area contributed by atoms with Gasteiger partial charge in [0.15, 0.2) is 0 Å². The Balaban J connectivity index is 2.06. The summed E-state index contributed by atoms with van der Waals surface area (Å²) in [5.41, 5.74) is 2.20. The molecule has 0 heterocycles. The van der Waals surface area contributed by atoms with E-state index in [0.29, 0.717) is 16.6 Å². The van der Waals surface area contributed by atoms with Gasteiger partial charge in [0.2, 0.25) is 11.8 Å². The fraction of sp³-hybridized carbons (Fsp3) is 0.259. The Hall–Kier alpha value is -3.17. The number of aryl methyl sites for hydroxylation is 1. The van der Waals surface area contributed by atoms with Crippen molar-refractivity contribution in [3.05, 3.63) is 94.5 Å². The molecule has 0 aromatic heterocycles. The molecule has 0 aliphatic heterocycles. The number of anilines is 1. The number of nitrogens with one attached hydrogen (secondary N) is 1. The van der Waals surface area contributed by atoms with Crippen LogP contribution in [0.15, 0.2) is 88.2 Å². The summed E-state index contributed by atoms with van der Waals surface area (Å²) in [6.45, 7) is 3.47. The zero-order valence-electron chi connectivity index (χ0n) is 20.5. The molecule has 9 heteroatoms. The van der Waals surface area contributed by atoms with Crippen LogP contribution in [0.5, 0.6) is 0 Å². The summed E-state index contributed by atoms with van der Waals surface area (Å²) in [6.07, 6.45) is 0.375. The molecule has 0 saturated heterocycles. The molecular formula is C27H30BrN3O4S. The normalized spacial score (nSPS) is 12.0. The molecule has 0 radical (unpaired) electrons. The number of hydrogen-bond donors (Lipinski definition) is 1. The third-order valence-electron chi connectivity index (χ3n) is 5.94. The summed E-state index contributed by atoms with van der Waals surface area (Å²) in [6, 6.07) is 21.6. The topological polar surface area (TPSA) is 86.8 Å². The van der Waals surface area contributed by atoms with Gasteiger partial charge in [-0.25, -0.2) is 8.42 Å². The van der Waals surface area contributed by atoms with Gasteiger partial charge in [0.05, 0.1) is 10.6 Å². The number of nitrogens with zero attached hydrogens (tertiary/aromatic N) is 2. The van der Waals surface area contributed by atoms with Gasteiger partial charge in [-0.1, -0.05) is 71.4 Å². The van der Waals surface area contributed by atoms with E-state index in [0.717, 1.165) is 15.4 Å². The first-order valence-electron chi connectivity index (χ1n) is 11.6. The van der Waals surface area contributed by atoms with Crippen molar-refractivity contribution in [3.63, 3.8) is 0 Å². The highest BCUT2D eigenvalue weighted by Gasteiger charge is 2.33. The highest BCUT2D eigenvalue weighted by molar-refractivity contribution is 9.10. The Labute approximate surface area is 221 Å². The number of sulfonamides is 1. The smallest absolute Gasteiger partial charge is 0.264 e. The van der Waals surface area contributed by atoms with E-state index in [1.807, 2.05) is 38.1 Å². The lowest BCUT2D eigenvalue weighted by Gasteiger charge is -2.33. The number of carbonyl (C=O) groups excluding carboxylic acids is 2. The highest BCUT2D eigenvalue weighted by atomic mass is 79.9. The largest absolute Gasteiger partial charge is 0.357 e. The molecule has 3 aromatic rings. The van der Waals surface area contributed by atoms with Gasteiger partial charge in [-0.15, -0.1) is 0 Å². The molecule has 7 nitrogen and oxygen atoms in total. The molecule has 1 atom stereocenters. The standard InChI is InChI=1S/C27H30BrN3O4S/c1-4-25(27(33)29-3)30(18-21-12-9-8-11-20(21)2)26(32)19-31(23-14-10-13-22(28)17-23)36(34,35)24-15-6-5-7-16-24/h5-17,25H,4,18-19H2,1-3H3,(H,29,33)/t25-/m1/s1. The van der Waals surface area contributed by atoms with Crippen LogP contribution in [0.1, 0.15) is 24.5 Å². The van der Waals surface area contributed by atoms with E-state index in [-0.39, 0.29) is 17.3 Å². The van der Waals surface area contributed by atoms with E-state index in [4.69, 9.17) is 0 Å². The predicted octanol–water partition coefficient (Wildman–Crippen LogP) is 4.51. The van der Waals surface area contributed by atoms with Crippen molar-refractivity contribution in [1.82, 2.24) is 10.2 Å². The predicted molar refractivity (Wildman–Crippen MR) is 145 cm³/mol. The Bertz CT molecular complexity index is 1320. The Morgan fingerprint density at radius 1 is 0.972 bits per heavy atom. The van der Waals surface area contributed by atoms with E-state index in [1.165, 1.54) is 24.1 Å². The first kappa shape index (κ1) is 27.4. The van der Waals surface area contributed by atoms with Crippen LogP contribution in [0.25, 0.3) is 0 Å². The number of benzene rings is 3. The van der Waals surface area contributed by atoms with Gasteiger partial charge in [0, 0.05) is 18.1 Å². The highest BCUT2D eigenvalue weighted by Crippen LogP contribution is 2.27. The number of amides is 2. The van der Waals surface area contributed by atoms with Gasteiger partial charge in [0.25, 0.3) is 10.0 Å². The summed E-state index contributed by atoms with van der Waals surface area (Å²) in [5, 5.41) is 2.63. The van der Waals surface area contributed by atoms with Crippen LogP contribution in [0, 0.1) is 6.92 Å². The minimum absolute atomic E-state index is 0.0709. The van der Waals surface area contributed by atoms with E-state index < -0.39 is 28.5 Å². The van der Waals surface area contributed by atoms with Crippen molar-refractivity contribution in [2.75, 3.05) is 17.9 Å². The fourth-order valence-corrected chi connectivity index (χ4v) is 5.75. The molecule has 0 aliphatic carbocycles. The van der Waals surface area contributed by atoms with Crippen LogP contribution < -0.4 is 9.62 Å². The molecule has 36 heavy (non-hydrogen) atoms. The monoisotopic (exact) mass is 571 g/mol. The van der Waals surface area contributed by atoms with Gasteiger partial charge < -0.3 is 10.2 Å². The van der Waals surface area contributed by atoms with E-state index in [2.05, 4.69) is 21.2 Å². The van der Waals surface area contributed by atoms with Crippen molar-refractivity contribution in [2.45, 2.75) is 37.8 Å². The van der Waals surface area contributed by atoms with Crippen molar-refractivity contribution >= 4 is 43.5 Å².